The van der Waals surface area contributed by atoms with Gasteiger partial charge in [-0.2, -0.15) is 0 Å². The summed E-state index contributed by atoms with van der Waals surface area (Å²) in [4.78, 5) is 2.42. The third-order valence-corrected chi connectivity index (χ3v) is 4.52. The van der Waals surface area contributed by atoms with Crippen LogP contribution in [0.25, 0.3) is 0 Å². The van der Waals surface area contributed by atoms with E-state index in [9.17, 15) is 9.50 Å². The van der Waals surface area contributed by atoms with Crippen LogP contribution in [-0.4, -0.2) is 34.7 Å². The molecule has 112 valence electrons. The molecule has 3 rings (SSSR count). The van der Waals surface area contributed by atoms with E-state index in [4.69, 9.17) is 5.73 Å². The topological polar surface area (TPSA) is 49.5 Å². The number of halogens is 1. The molecule has 21 heavy (non-hydrogen) atoms. The molecule has 2 saturated heterocycles. The van der Waals surface area contributed by atoms with Crippen LogP contribution in [0.2, 0.25) is 0 Å². The van der Waals surface area contributed by atoms with E-state index in [2.05, 4.69) is 16.7 Å². The Kier molecular flexibility index (Phi) is 4.25. The van der Waals surface area contributed by atoms with E-state index in [-0.39, 0.29) is 18.5 Å². The SMILES string of the molecule is NCC#Cc1cc(F)cc(CN2C3CCC2CC(O)C3)c1. The molecule has 2 fully saturated rings. The standard InChI is InChI=1S/C17H21FN2O/c18-14-7-12(2-1-5-19)6-13(8-14)11-20-15-3-4-16(20)10-17(21)9-15/h6-8,15-17,21H,3-5,9-11,19H2. The van der Waals surface area contributed by atoms with Crippen molar-refractivity contribution in [2.45, 2.75) is 50.4 Å². The summed E-state index contributed by atoms with van der Waals surface area (Å²) in [6.07, 6.45) is 3.78. The van der Waals surface area contributed by atoms with Crippen molar-refractivity contribution >= 4 is 0 Å². The van der Waals surface area contributed by atoms with Gasteiger partial charge >= 0.3 is 0 Å². The predicted molar refractivity (Wildman–Crippen MR) is 79.9 cm³/mol. The van der Waals surface area contributed by atoms with E-state index in [1.54, 1.807) is 6.07 Å². The Balaban J connectivity index is 1.77. The van der Waals surface area contributed by atoms with Gasteiger partial charge in [-0.05, 0) is 49.4 Å². The molecule has 3 nitrogen and oxygen atoms in total. The Morgan fingerprint density at radius 1 is 1.24 bits per heavy atom. The first-order valence-electron chi connectivity index (χ1n) is 7.58. The maximum atomic E-state index is 13.7. The molecule has 0 spiro atoms. The van der Waals surface area contributed by atoms with Gasteiger partial charge in [0.2, 0.25) is 0 Å². The Morgan fingerprint density at radius 2 is 1.95 bits per heavy atom. The highest BCUT2D eigenvalue weighted by Gasteiger charge is 2.39. The van der Waals surface area contributed by atoms with E-state index < -0.39 is 0 Å². The molecule has 2 atom stereocenters. The fraction of sp³-hybridized carbons (Fsp3) is 0.529. The maximum absolute atomic E-state index is 13.7. The van der Waals surface area contributed by atoms with Crippen LogP contribution in [0.15, 0.2) is 18.2 Å². The summed E-state index contributed by atoms with van der Waals surface area (Å²) in [5, 5.41) is 9.84. The van der Waals surface area contributed by atoms with E-state index in [0.29, 0.717) is 17.6 Å². The van der Waals surface area contributed by atoms with Crippen molar-refractivity contribution in [1.29, 1.82) is 0 Å². The largest absolute Gasteiger partial charge is 0.393 e. The minimum atomic E-state index is -0.252. The zero-order chi connectivity index (χ0) is 14.8. The maximum Gasteiger partial charge on any atom is 0.124 e. The molecule has 4 heteroatoms. The molecule has 1 aromatic carbocycles. The van der Waals surface area contributed by atoms with Gasteiger partial charge in [-0.1, -0.05) is 11.8 Å². The lowest BCUT2D eigenvalue weighted by Crippen LogP contribution is -2.44. The molecule has 0 aliphatic carbocycles. The number of aliphatic hydroxyl groups excluding tert-OH is 1. The molecule has 0 saturated carbocycles. The fourth-order valence-electron chi connectivity index (χ4n) is 3.68. The summed E-state index contributed by atoms with van der Waals surface area (Å²) in [6.45, 7) is 1.01. The summed E-state index contributed by atoms with van der Waals surface area (Å²) in [5.74, 6) is 5.41. The molecule has 2 aliphatic heterocycles. The normalized spacial score (nSPS) is 28.2. The zero-order valence-electron chi connectivity index (χ0n) is 12.1. The smallest absolute Gasteiger partial charge is 0.124 e. The minimum Gasteiger partial charge on any atom is -0.393 e. The fourth-order valence-corrected chi connectivity index (χ4v) is 3.68. The Morgan fingerprint density at radius 3 is 2.62 bits per heavy atom. The van der Waals surface area contributed by atoms with E-state index in [0.717, 1.165) is 37.8 Å². The van der Waals surface area contributed by atoms with Crippen molar-refractivity contribution in [3.05, 3.63) is 35.1 Å². The van der Waals surface area contributed by atoms with Gasteiger partial charge in [0.1, 0.15) is 5.82 Å². The van der Waals surface area contributed by atoms with Crippen LogP contribution in [0.1, 0.15) is 36.8 Å². The first-order valence-corrected chi connectivity index (χ1v) is 7.58. The monoisotopic (exact) mass is 288 g/mol. The van der Waals surface area contributed by atoms with E-state index >= 15 is 0 Å². The highest BCUT2D eigenvalue weighted by Crippen LogP contribution is 2.36. The highest BCUT2D eigenvalue weighted by molar-refractivity contribution is 5.38. The van der Waals surface area contributed by atoms with Crippen LogP contribution in [0.3, 0.4) is 0 Å². The van der Waals surface area contributed by atoms with Crippen molar-refractivity contribution in [2.75, 3.05) is 6.54 Å². The van der Waals surface area contributed by atoms with Gasteiger partial charge in [-0.3, -0.25) is 4.90 Å². The van der Waals surface area contributed by atoms with Crippen LogP contribution in [-0.2, 0) is 6.54 Å². The summed E-state index contributed by atoms with van der Waals surface area (Å²) in [6, 6.07) is 5.83. The molecule has 1 aromatic rings. The Labute approximate surface area is 124 Å². The highest BCUT2D eigenvalue weighted by atomic mass is 19.1. The van der Waals surface area contributed by atoms with Gasteiger partial charge in [0.25, 0.3) is 0 Å². The second kappa shape index (κ2) is 6.15. The van der Waals surface area contributed by atoms with Crippen LogP contribution in [0.4, 0.5) is 4.39 Å². The number of fused-ring (bicyclic) bond motifs is 2. The molecule has 3 N–H and O–H groups in total. The number of hydrogen-bond donors (Lipinski definition) is 2. The van der Waals surface area contributed by atoms with Gasteiger partial charge in [0.15, 0.2) is 0 Å². The van der Waals surface area contributed by atoms with Crippen LogP contribution in [0, 0.1) is 17.7 Å². The van der Waals surface area contributed by atoms with E-state index in [1.807, 2.05) is 6.07 Å². The number of benzene rings is 1. The van der Waals surface area contributed by atoms with E-state index in [1.165, 1.54) is 6.07 Å². The predicted octanol–water partition coefficient (Wildman–Crippen LogP) is 1.62. The van der Waals surface area contributed by atoms with Gasteiger partial charge in [-0.25, -0.2) is 4.39 Å². The molecular formula is C17H21FN2O. The van der Waals surface area contributed by atoms with Gasteiger partial charge < -0.3 is 10.8 Å². The quantitative estimate of drug-likeness (QED) is 0.813. The second-order valence-corrected chi connectivity index (χ2v) is 6.04. The lowest BCUT2D eigenvalue weighted by atomic mass is 9.98. The average molecular weight is 288 g/mol. The lowest BCUT2D eigenvalue weighted by Gasteiger charge is -2.37. The molecule has 2 bridgehead atoms. The molecule has 2 heterocycles. The Bertz CT molecular complexity index is 564. The van der Waals surface area contributed by atoms with Gasteiger partial charge in [0, 0.05) is 24.2 Å². The van der Waals surface area contributed by atoms with Crippen molar-refractivity contribution in [3.8, 4) is 11.8 Å². The lowest BCUT2D eigenvalue weighted by molar-refractivity contribution is 0.0310. The molecule has 0 aromatic heterocycles. The van der Waals surface area contributed by atoms with Crippen LogP contribution in [0.5, 0.6) is 0 Å². The summed E-state index contributed by atoms with van der Waals surface area (Å²) in [7, 11) is 0. The summed E-state index contributed by atoms with van der Waals surface area (Å²) < 4.78 is 13.7. The molecule has 2 aliphatic rings. The van der Waals surface area contributed by atoms with Crippen molar-refractivity contribution in [2.24, 2.45) is 5.73 Å². The van der Waals surface area contributed by atoms with Gasteiger partial charge in [-0.15, -0.1) is 0 Å². The molecule has 0 radical (unpaired) electrons. The van der Waals surface area contributed by atoms with Crippen molar-refractivity contribution < 1.29 is 9.50 Å². The average Bonchev–Trinajstić information content (AvgIpc) is 2.68. The first-order chi connectivity index (χ1) is 10.2. The molecule has 2 unspecified atom stereocenters. The number of aliphatic hydroxyl groups is 1. The van der Waals surface area contributed by atoms with Crippen LogP contribution >= 0.6 is 0 Å². The zero-order valence-corrected chi connectivity index (χ0v) is 12.1. The number of nitrogens with two attached hydrogens (primary N) is 1. The first kappa shape index (κ1) is 14.5. The summed E-state index contributed by atoms with van der Waals surface area (Å²) >= 11 is 0. The number of nitrogens with zero attached hydrogens (tertiary/aromatic N) is 1. The van der Waals surface area contributed by atoms with Crippen LogP contribution < -0.4 is 5.73 Å². The third-order valence-electron chi connectivity index (χ3n) is 4.52. The second-order valence-electron chi connectivity index (χ2n) is 6.04. The molecule has 0 amide bonds. The number of piperidine rings is 1. The van der Waals surface area contributed by atoms with Gasteiger partial charge in [0.05, 0.1) is 12.6 Å². The van der Waals surface area contributed by atoms with Crippen molar-refractivity contribution in [1.82, 2.24) is 4.90 Å². The summed E-state index contributed by atoms with van der Waals surface area (Å²) in [5.41, 5.74) is 6.99. The number of rotatable bonds is 2. The minimum absolute atomic E-state index is 0.169. The molecular weight excluding hydrogens is 267 g/mol. The number of hydrogen-bond acceptors (Lipinski definition) is 3. The Hall–Kier alpha value is -1.41. The third kappa shape index (κ3) is 3.26. The van der Waals surface area contributed by atoms with Crippen molar-refractivity contribution in [3.63, 3.8) is 0 Å².